The Labute approximate surface area is 90.0 Å². The number of nitrogens with zero attached hydrogens (tertiary/aromatic N) is 2. The van der Waals surface area contributed by atoms with Crippen molar-refractivity contribution in [2.45, 2.75) is 32.8 Å². The van der Waals surface area contributed by atoms with E-state index in [9.17, 15) is 0 Å². The molecule has 1 rings (SSSR count). The Hall–Kier alpha value is -0.940. The van der Waals surface area contributed by atoms with Crippen LogP contribution in [0.5, 0.6) is 0 Å². The molecule has 0 radical (unpaired) electrons. The molecule has 1 aromatic heterocycles. The number of nitrogens with two attached hydrogens (primary N) is 1. The smallest absolute Gasteiger partial charge is 0.257 e. The Morgan fingerprint density at radius 1 is 1.47 bits per heavy atom. The number of hydrogen-bond donors (Lipinski definition) is 1. The van der Waals surface area contributed by atoms with Crippen LogP contribution in [0.4, 0.5) is 0 Å². The van der Waals surface area contributed by atoms with Crippen molar-refractivity contribution in [3.8, 4) is 0 Å². The highest BCUT2D eigenvalue weighted by atomic mass is 16.5. The average Bonchev–Trinajstić information content (AvgIpc) is 2.65. The maximum absolute atomic E-state index is 5.49. The van der Waals surface area contributed by atoms with Crippen LogP contribution >= 0.6 is 0 Å². The van der Waals surface area contributed by atoms with Gasteiger partial charge in [-0.25, -0.2) is 0 Å². The quantitative estimate of drug-likeness (QED) is 0.771. The number of aryl methyl sites for hydroxylation is 1. The maximum atomic E-state index is 5.49. The standard InChI is InChI=1S/C10H19N3O2/c1-7(2)4-5-9-12-10(15-13-9)8(6-11)14-3/h7-8H,4-6,11H2,1-3H3. The second-order valence-electron chi connectivity index (χ2n) is 3.94. The summed E-state index contributed by atoms with van der Waals surface area (Å²) in [7, 11) is 1.58. The molecule has 1 aromatic rings. The number of aromatic nitrogens is 2. The van der Waals surface area contributed by atoms with E-state index in [1.807, 2.05) is 0 Å². The van der Waals surface area contributed by atoms with E-state index < -0.39 is 0 Å². The zero-order chi connectivity index (χ0) is 11.3. The van der Waals surface area contributed by atoms with E-state index in [2.05, 4.69) is 24.0 Å². The van der Waals surface area contributed by atoms with E-state index >= 15 is 0 Å². The molecule has 2 N–H and O–H groups in total. The molecule has 5 nitrogen and oxygen atoms in total. The lowest BCUT2D eigenvalue weighted by atomic mass is 10.1. The molecule has 0 bridgehead atoms. The predicted molar refractivity (Wildman–Crippen MR) is 56.3 cm³/mol. The fraction of sp³-hybridized carbons (Fsp3) is 0.800. The Morgan fingerprint density at radius 3 is 2.73 bits per heavy atom. The molecule has 1 unspecified atom stereocenters. The third-order valence-corrected chi connectivity index (χ3v) is 2.20. The summed E-state index contributed by atoms with van der Waals surface area (Å²) in [5.74, 6) is 1.84. The largest absolute Gasteiger partial charge is 0.370 e. The van der Waals surface area contributed by atoms with Crippen LogP contribution in [0.3, 0.4) is 0 Å². The monoisotopic (exact) mass is 213 g/mol. The molecule has 0 saturated heterocycles. The molecule has 86 valence electrons. The molecule has 0 aliphatic heterocycles. The van der Waals surface area contributed by atoms with Gasteiger partial charge in [0, 0.05) is 20.1 Å². The lowest BCUT2D eigenvalue weighted by Gasteiger charge is -2.05. The zero-order valence-corrected chi connectivity index (χ0v) is 9.56. The molecular weight excluding hydrogens is 194 g/mol. The van der Waals surface area contributed by atoms with Crippen molar-refractivity contribution in [2.24, 2.45) is 11.7 Å². The van der Waals surface area contributed by atoms with Gasteiger partial charge in [-0.05, 0) is 12.3 Å². The van der Waals surface area contributed by atoms with E-state index in [4.69, 9.17) is 15.0 Å². The SMILES string of the molecule is COC(CN)c1nc(CCC(C)C)no1. The second kappa shape index (κ2) is 5.82. The normalized spacial score (nSPS) is 13.4. The van der Waals surface area contributed by atoms with Gasteiger partial charge in [0.1, 0.15) is 6.10 Å². The first kappa shape index (κ1) is 12.1. The topological polar surface area (TPSA) is 74.2 Å². The summed E-state index contributed by atoms with van der Waals surface area (Å²) in [6.07, 6.45) is 1.60. The lowest BCUT2D eigenvalue weighted by Crippen LogP contribution is -2.14. The van der Waals surface area contributed by atoms with Crippen LogP contribution in [0, 0.1) is 5.92 Å². The Morgan fingerprint density at radius 2 is 2.20 bits per heavy atom. The van der Waals surface area contributed by atoms with Gasteiger partial charge in [0.15, 0.2) is 5.82 Å². The van der Waals surface area contributed by atoms with Gasteiger partial charge in [-0.1, -0.05) is 19.0 Å². The minimum atomic E-state index is -0.287. The highest BCUT2D eigenvalue weighted by Crippen LogP contribution is 2.14. The van der Waals surface area contributed by atoms with E-state index in [1.165, 1.54) is 0 Å². The first-order valence-corrected chi connectivity index (χ1v) is 5.22. The summed E-state index contributed by atoms with van der Waals surface area (Å²) in [6.45, 7) is 4.68. The van der Waals surface area contributed by atoms with Gasteiger partial charge in [-0.15, -0.1) is 0 Å². The van der Waals surface area contributed by atoms with Gasteiger partial charge in [0.25, 0.3) is 5.89 Å². The third-order valence-electron chi connectivity index (χ3n) is 2.20. The minimum absolute atomic E-state index is 0.287. The Bertz CT molecular complexity index is 282. The summed E-state index contributed by atoms with van der Waals surface area (Å²) in [4.78, 5) is 4.24. The molecule has 0 amide bonds. The highest BCUT2D eigenvalue weighted by Gasteiger charge is 2.16. The van der Waals surface area contributed by atoms with Crippen LogP contribution in [-0.2, 0) is 11.2 Å². The zero-order valence-electron chi connectivity index (χ0n) is 9.56. The first-order chi connectivity index (χ1) is 7.17. The van der Waals surface area contributed by atoms with Gasteiger partial charge >= 0.3 is 0 Å². The second-order valence-corrected chi connectivity index (χ2v) is 3.94. The van der Waals surface area contributed by atoms with Crippen molar-refractivity contribution in [3.63, 3.8) is 0 Å². The molecule has 0 fully saturated rings. The predicted octanol–water partition coefficient (Wildman–Crippen LogP) is 1.30. The highest BCUT2D eigenvalue weighted by molar-refractivity contribution is 4.91. The van der Waals surface area contributed by atoms with Crippen LogP contribution in [0.2, 0.25) is 0 Å². The van der Waals surface area contributed by atoms with E-state index in [0.717, 1.165) is 18.7 Å². The van der Waals surface area contributed by atoms with Gasteiger partial charge < -0.3 is 15.0 Å². The van der Waals surface area contributed by atoms with E-state index in [1.54, 1.807) is 7.11 Å². The number of ether oxygens (including phenoxy) is 1. The summed E-state index contributed by atoms with van der Waals surface area (Å²) >= 11 is 0. The van der Waals surface area contributed by atoms with Gasteiger partial charge in [0.2, 0.25) is 0 Å². The van der Waals surface area contributed by atoms with Gasteiger partial charge in [0.05, 0.1) is 0 Å². The van der Waals surface area contributed by atoms with Crippen molar-refractivity contribution in [1.29, 1.82) is 0 Å². The molecule has 0 aliphatic carbocycles. The van der Waals surface area contributed by atoms with Crippen molar-refractivity contribution >= 4 is 0 Å². The van der Waals surface area contributed by atoms with Gasteiger partial charge in [-0.2, -0.15) is 4.98 Å². The van der Waals surface area contributed by atoms with E-state index in [0.29, 0.717) is 18.4 Å². The molecule has 0 spiro atoms. The summed E-state index contributed by atoms with van der Waals surface area (Å²) in [6, 6.07) is 0. The van der Waals surface area contributed by atoms with Crippen molar-refractivity contribution in [3.05, 3.63) is 11.7 Å². The fourth-order valence-corrected chi connectivity index (χ4v) is 1.22. The Balaban J connectivity index is 2.55. The molecule has 1 atom stereocenters. The maximum Gasteiger partial charge on any atom is 0.257 e. The summed E-state index contributed by atoms with van der Waals surface area (Å²) in [5, 5.41) is 3.88. The van der Waals surface area contributed by atoms with Crippen molar-refractivity contribution in [1.82, 2.24) is 10.1 Å². The molecular formula is C10H19N3O2. The van der Waals surface area contributed by atoms with Crippen molar-refractivity contribution < 1.29 is 9.26 Å². The van der Waals surface area contributed by atoms with Crippen LogP contribution in [0.1, 0.15) is 38.1 Å². The van der Waals surface area contributed by atoms with Crippen LogP contribution in [0.25, 0.3) is 0 Å². The molecule has 0 saturated carbocycles. The van der Waals surface area contributed by atoms with Crippen LogP contribution < -0.4 is 5.73 Å². The fourth-order valence-electron chi connectivity index (χ4n) is 1.22. The summed E-state index contributed by atoms with van der Waals surface area (Å²) in [5.41, 5.74) is 5.49. The number of hydrogen-bond acceptors (Lipinski definition) is 5. The first-order valence-electron chi connectivity index (χ1n) is 5.22. The molecule has 1 heterocycles. The number of rotatable bonds is 6. The molecule has 0 aromatic carbocycles. The van der Waals surface area contributed by atoms with Crippen molar-refractivity contribution in [2.75, 3.05) is 13.7 Å². The average molecular weight is 213 g/mol. The van der Waals surface area contributed by atoms with E-state index in [-0.39, 0.29) is 6.10 Å². The molecule has 5 heteroatoms. The molecule has 15 heavy (non-hydrogen) atoms. The van der Waals surface area contributed by atoms with Gasteiger partial charge in [-0.3, -0.25) is 0 Å². The molecule has 0 aliphatic rings. The minimum Gasteiger partial charge on any atom is -0.370 e. The van der Waals surface area contributed by atoms with Crippen LogP contribution in [-0.4, -0.2) is 23.8 Å². The Kier molecular flexibility index (Phi) is 4.71. The third kappa shape index (κ3) is 3.60. The number of methoxy groups -OCH3 is 1. The lowest BCUT2D eigenvalue weighted by molar-refractivity contribution is 0.0804. The van der Waals surface area contributed by atoms with Crippen LogP contribution in [0.15, 0.2) is 4.52 Å². The summed E-state index contributed by atoms with van der Waals surface area (Å²) < 4.78 is 10.2.